The van der Waals surface area contributed by atoms with Crippen molar-refractivity contribution in [2.24, 2.45) is 5.92 Å². The monoisotopic (exact) mass is 241 g/mol. The molecule has 102 valence electrons. The molecular formula is C15H31NO. The van der Waals surface area contributed by atoms with Gasteiger partial charge in [-0.1, -0.05) is 13.8 Å². The Morgan fingerprint density at radius 2 is 1.94 bits per heavy atom. The second-order valence-corrected chi connectivity index (χ2v) is 5.75. The van der Waals surface area contributed by atoms with E-state index in [0.29, 0.717) is 12.1 Å². The average Bonchev–Trinajstić information content (AvgIpc) is 2.34. The Hall–Kier alpha value is -0.0800. The topological polar surface area (TPSA) is 21.3 Å². The largest absolute Gasteiger partial charge is 0.378 e. The second kappa shape index (κ2) is 8.93. The van der Waals surface area contributed by atoms with Crippen molar-refractivity contribution < 1.29 is 4.74 Å². The zero-order chi connectivity index (χ0) is 12.5. The van der Waals surface area contributed by atoms with Crippen LogP contribution in [0, 0.1) is 5.92 Å². The Labute approximate surface area is 108 Å². The van der Waals surface area contributed by atoms with Crippen LogP contribution in [-0.2, 0) is 4.74 Å². The average molecular weight is 241 g/mol. The highest BCUT2D eigenvalue weighted by Crippen LogP contribution is 2.25. The standard InChI is InChI=1S/C15H31NO/c1-4-11-16-14(3)6-5-12-17-15-9-7-13(2)8-10-15/h13-16H,4-12H2,1-3H3. The van der Waals surface area contributed by atoms with E-state index in [2.05, 4.69) is 26.1 Å². The highest BCUT2D eigenvalue weighted by Gasteiger charge is 2.18. The highest BCUT2D eigenvalue weighted by atomic mass is 16.5. The Morgan fingerprint density at radius 1 is 1.24 bits per heavy atom. The van der Waals surface area contributed by atoms with Crippen LogP contribution < -0.4 is 5.32 Å². The predicted octanol–water partition coefficient (Wildman–Crippen LogP) is 3.75. The summed E-state index contributed by atoms with van der Waals surface area (Å²) in [7, 11) is 0. The molecule has 0 radical (unpaired) electrons. The van der Waals surface area contributed by atoms with Crippen molar-refractivity contribution in [3.63, 3.8) is 0 Å². The SMILES string of the molecule is CCCNC(C)CCCOC1CCC(C)CC1. The van der Waals surface area contributed by atoms with Gasteiger partial charge in [0, 0.05) is 12.6 Å². The third kappa shape index (κ3) is 7.05. The summed E-state index contributed by atoms with van der Waals surface area (Å²) in [6, 6.07) is 0.643. The number of hydrogen-bond donors (Lipinski definition) is 1. The Kier molecular flexibility index (Phi) is 7.87. The number of ether oxygens (including phenoxy) is 1. The zero-order valence-electron chi connectivity index (χ0n) is 12.0. The van der Waals surface area contributed by atoms with Crippen LogP contribution in [0.3, 0.4) is 0 Å². The molecule has 17 heavy (non-hydrogen) atoms. The predicted molar refractivity (Wildman–Crippen MR) is 74.4 cm³/mol. The maximum Gasteiger partial charge on any atom is 0.0575 e. The van der Waals surface area contributed by atoms with E-state index in [0.717, 1.165) is 19.1 Å². The minimum Gasteiger partial charge on any atom is -0.378 e. The van der Waals surface area contributed by atoms with Crippen molar-refractivity contribution in [3.8, 4) is 0 Å². The Bertz CT molecular complexity index is 176. The molecular weight excluding hydrogens is 210 g/mol. The maximum atomic E-state index is 5.96. The van der Waals surface area contributed by atoms with Crippen LogP contribution >= 0.6 is 0 Å². The molecule has 1 saturated carbocycles. The summed E-state index contributed by atoms with van der Waals surface area (Å²) < 4.78 is 5.96. The van der Waals surface area contributed by atoms with Crippen LogP contribution in [-0.4, -0.2) is 25.3 Å². The molecule has 1 aliphatic rings. The van der Waals surface area contributed by atoms with Crippen LogP contribution in [0.5, 0.6) is 0 Å². The van der Waals surface area contributed by atoms with E-state index >= 15 is 0 Å². The van der Waals surface area contributed by atoms with Crippen LogP contribution in [0.15, 0.2) is 0 Å². The molecule has 1 unspecified atom stereocenters. The first-order valence-corrected chi connectivity index (χ1v) is 7.57. The molecule has 1 fully saturated rings. The lowest BCUT2D eigenvalue weighted by molar-refractivity contribution is 0.0173. The highest BCUT2D eigenvalue weighted by molar-refractivity contribution is 4.70. The lowest BCUT2D eigenvalue weighted by Gasteiger charge is -2.26. The fraction of sp³-hybridized carbons (Fsp3) is 1.00. The molecule has 1 N–H and O–H groups in total. The summed E-state index contributed by atoms with van der Waals surface area (Å²) in [5.41, 5.74) is 0. The van der Waals surface area contributed by atoms with E-state index in [4.69, 9.17) is 4.74 Å². The molecule has 2 nitrogen and oxygen atoms in total. The van der Waals surface area contributed by atoms with Gasteiger partial charge in [-0.15, -0.1) is 0 Å². The summed E-state index contributed by atoms with van der Waals surface area (Å²) in [6.07, 6.45) is 9.51. The first kappa shape index (κ1) is 15.0. The molecule has 0 aliphatic heterocycles. The third-order valence-electron chi connectivity index (χ3n) is 3.84. The first-order valence-electron chi connectivity index (χ1n) is 7.57. The number of hydrogen-bond acceptors (Lipinski definition) is 2. The zero-order valence-corrected chi connectivity index (χ0v) is 12.0. The van der Waals surface area contributed by atoms with Gasteiger partial charge in [-0.2, -0.15) is 0 Å². The third-order valence-corrected chi connectivity index (χ3v) is 3.84. The van der Waals surface area contributed by atoms with Gasteiger partial charge in [0.15, 0.2) is 0 Å². The quantitative estimate of drug-likeness (QED) is 0.653. The summed E-state index contributed by atoms with van der Waals surface area (Å²) >= 11 is 0. The van der Waals surface area contributed by atoms with Gasteiger partial charge in [-0.3, -0.25) is 0 Å². The second-order valence-electron chi connectivity index (χ2n) is 5.75. The molecule has 0 amide bonds. The van der Waals surface area contributed by atoms with Crippen LogP contribution in [0.25, 0.3) is 0 Å². The minimum atomic E-state index is 0.560. The van der Waals surface area contributed by atoms with E-state index in [-0.39, 0.29) is 0 Å². The molecule has 0 aromatic rings. The van der Waals surface area contributed by atoms with Crippen molar-refractivity contribution in [3.05, 3.63) is 0 Å². The molecule has 1 aliphatic carbocycles. The van der Waals surface area contributed by atoms with Crippen molar-refractivity contribution >= 4 is 0 Å². The Balaban J connectivity index is 1.93. The fourth-order valence-corrected chi connectivity index (χ4v) is 2.53. The van der Waals surface area contributed by atoms with E-state index < -0.39 is 0 Å². The van der Waals surface area contributed by atoms with Gasteiger partial charge < -0.3 is 10.1 Å². The van der Waals surface area contributed by atoms with Crippen LogP contribution in [0.4, 0.5) is 0 Å². The fourth-order valence-electron chi connectivity index (χ4n) is 2.53. The molecule has 0 heterocycles. The van der Waals surface area contributed by atoms with Gasteiger partial charge >= 0.3 is 0 Å². The van der Waals surface area contributed by atoms with E-state index in [1.165, 1.54) is 44.9 Å². The van der Waals surface area contributed by atoms with Crippen molar-refractivity contribution in [1.82, 2.24) is 5.32 Å². The van der Waals surface area contributed by atoms with Gasteiger partial charge in [0.25, 0.3) is 0 Å². The summed E-state index contributed by atoms with van der Waals surface area (Å²) in [5, 5.41) is 3.52. The molecule has 0 bridgehead atoms. The van der Waals surface area contributed by atoms with Crippen molar-refractivity contribution in [2.75, 3.05) is 13.2 Å². The van der Waals surface area contributed by atoms with Gasteiger partial charge in [0.05, 0.1) is 6.10 Å². The normalized spacial score (nSPS) is 27.0. The van der Waals surface area contributed by atoms with E-state index in [1.807, 2.05) is 0 Å². The molecule has 1 rings (SSSR count). The van der Waals surface area contributed by atoms with Gasteiger partial charge in [0.2, 0.25) is 0 Å². The molecule has 0 spiro atoms. The number of nitrogens with one attached hydrogen (secondary N) is 1. The summed E-state index contributed by atoms with van der Waals surface area (Å²) in [4.78, 5) is 0. The smallest absolute Gasteiger partial charge is 0.0575 e. The first-order chi connectivity index (χ1) is 8.22. The Morgan fingerprint density at radius 3 is 2.59 bits per heavy atom. The van der Waals surface area contributed by atoms with Gasteiger partial charge in [0.1, 0.15) is 0 Å². The summed E-state index contributed by atoms with van der Waals surface area (Å²) in [6.45, 7) is 8.95. The van der Waals surface area contributed by atoms with Gasteiger partial charge in [-0.05, 0) is 64.3 Å². The lowest BCUT2D eigenvalue weighted by atomic mass is 9.89. The van der Waals surface area contributed by atoms with Crippen LogP contribution in [0.1, 0.15) is 65.7 Å². The molecule has 0 aromatic heterocycles. The molecule has 0 saturated heterocycles. The number of rotatable bonds is 8. The van der Waals surface area contributed by atoms with Crippen LogP contribution in [0.2, 0.25) is 0 Å². The molecule has 2 heteroatoms. The maximum absolute atomic E-state index is 5.96. The van der Waals surface area contributed by atoms with E-state index in [1.54, 1.807) is 0 Å². The minimum absolute atomic E-state index is 0.560. The van der Waals surface area contributed by atoms with Crippen molar-refractivity contribution in [2.45, 2.75) is 77.9 Å². The lowest BCUT2D eigenvalue weighted by Crippen LogP contribution is -2.27. The molecule has 0 aromatic carbocycles. The van der Waals surface area contributed by atoms with Gasteiger partial charge in [-0.25, -0.2) is 0 Å². The molecule has 1 atom stereocenters. The van der Waals surface area contributed by atoms with E-state index in [9.17, 15) is 0 Å². The summed E-state index contributed by atoms with van der Waals surface area (Å²) in [5.74, 6) is 0.924. The van der Waals surface area contributed by atoms with Crippen molar-refractivity contribution in [1.29, 1.82) is 0 Å².